The van der Waals surface area contributed by atoms with Gasteiger partial charge in [0.1, 0.15) is 48.4 Å². The Morgan fingerprint density at radius 1 is 0.941 bits per heavy atom. The highest BCUT2D eigenvalue weighted by molar-refractivity contribution is 14.1. The van der Waals surface area contributed by atoms with Crippen LogP contribution in [0.5, 0.6) is 0 Å². The van der Waals surface area contributed by atoms with Crippen molar-refractivity contribution in [3.05, 3.63) is 0 Å². The Kier molecular flexibility index (Phi) is 21.0. The molecule has 0 bridgehead atoms. The van der Waals surface area contributed by atoms with Gasteiger partial charge in [-0.05, 0) is 6.92 Å². The van der Waals surface area contributed by atoms with Crippen molar-refractivity contribution in [2.24, 2.45) is 0 Å². The topological polar surface area (TPSA) is 184 Å². The molecule has 0 aromatic carbocycles. The van der Waals surface area contributed by atoms with Gasteiger partial charge in [0.25, 0.3) is 0 Å². The molecule has 0 spiro atoms. The summed E-state index contributed by atoms with van der Waals surface area (Å²) in [6, 6.07) is 0. The number of methoxy groups -OCH3 is 1. The van der Waals surface area contributed by atoms with Crippen LogP contribution in [0.1, 0.15) is 13.3 Å². The predicted molar refractivity (Wildman–Crippen MR) is 122 cm³/mol. The van der Waals surface area contributed by atoms with E-state index in [9.17, 15) is 14.4 Å². The van der Waals surface area contributed by atoms with Crippen LogP contribution in [-0.2, 0) is 36.5 Å². The number of aliphatic hydroxyl groups excluding tert-OH is 2. The van der Waals surface area contributed by atoms with Gasteiger partial charge in [0.2, 0.25) is 0 Å². The van der Waals surface area contributed by atoms with E-state index in [0.29, 0.717) is 19.6 Å². The lowest BCUT2D eigenvalue weighted by atomic mass is 10.3. The number of aliphatic hydroxyl groups is 2. The molecule has 0 fully saturated rings. The molecule has 0 aliphatic rings. The van der Waals surface area contributed by atoms with Gasteiger partial charge in [-0.25, -0.2) is 9.59 Å². The molecule has 0 radical (unpaired) electrons. The Morgan fingerprint density at radius 2 is 1.53 bits per heavy atom. The number of amides is 2. The van der Waals surface area contributed by atoms with Crippen LogP contribution in [-0.4, -0.2) is 118 Å². The normalized spacial score (nSPS) is 12.6. The van der Waals surface area contributed by atoms with Gasteiger partial charge in [-0.15, -0.1) is 0 Å². The van der Waals surface area contributed by atoms with Crippen LogP contribution < -0.4 is 11.0 Å². The molecular weight excluding hydrogens is 577 g/mol. The summed E-state index contributed by atoms with van der Waals surface area (Å²) in [5, 5.41) is 17.8. The largest absolute Gasteiger partial charge is 0.466 e. The zero-order valence-corrected chi connectivity index (χ0v) is 21.4. The van der Waals surface area contributed by atoms with Gasteiger partial charge in [-0.3, -0.25) is 19.4 Å². The fourth-order valence-electron chi connectivity index (χ4n) is 2.09. The van der Waals surface area contributed by atoms with Gasteiger partial charge >= 0.3 is 18.2 Å². The Balaban J connectivity index is 4.27. The summed E-state index contributed by atoms with van der Waals surface area (Å²) in [6.45, 7) is 2.28. The molecule has 0 rings (SSSR count). The average Bonchev–Trinajstić information content (AvgIpc) is 2.83. The lowest BCUT2D eigenvalue weighted by Gasteiger charge is -2.21. The number of nitrogens with zero attached hydrogens (tertiary/aromatic N) is 1. The summed E-state index contributed by atoms with van der Waals surface area (Å²) in [7, 11) is 1.47. The zero-order valence-electron chi connectivity index (χ0n) is 19.2. The summed E-state index contributed by atoms with van der Waals surface area (Å²) < 4.78 is 24.4. The summed E-state index contributed by atoms with van der Waals surface area (Å²) >= 11 is 1.71. The molecule has 2 atom stereocenters. The third-order valence-electron chi connectivity index (χ3n) is 3.87. The first kappa shape index (κ1) is 32.5. The van der Waals surface area contributed by atoms with E-state index in [2.05, 4.69) is 10.2 Å². The molecule has 16 heteroatoms. The van der Waals surface area contributed by atoms with Crippen LogP contribution in [0.15, 0.2) is 0 Å². The standard InChI is InChI=1S/C18H34IN3O12/c1-3-29-16(25)4-5-22(6-8-33-20-17(26)30-11-14(24)10-23)7-9-34-21-18(27)31-12-15(28-2)13-32-19/h14-15,23-24H,3-13H2,1-2H3,(H,20,26)(H,21,27). The number of hydrogen-bond acceptors (Lipinski definition) is 13. The highest BCUT2D eigenvalue weighted by Crippen LogP contribution is 1.98. The number of nitrogens with one attached hydrogen (secondary N) is 2. The van der Waals surface area contributed by atoms with Crippen molar-refractivity contribution < 1.29 is 56.3 Å². The van der Waals surface area contributed by atoms with Crippen LogP contribution in [0.25, 0.3) is 0 Å². The van der Waals surface area contributed by atoms with Crippen LogP contribution >= 0.6 is 23.0 Å². The third kappa shape index (κ3) is 18.8. The molecule has 34 heavy (non-hydrogen) atoms. The van der Waals surface area contributed by atoms with E-state index in [0.717, 1.165) is 0 Å². The lowest BCUT2D eigenvalue weighted by Crippen LogP contribution is -2.37. The summed E-state index contributed by atoms with van der Waals surface area (Å²) in [5.74, 6) is -0.372. The van der Waals surface area contributed by atoms with E-state index in [1.54, 1.807) is 34.8 Å². The molecule has 4 N–H and O–H groups in total. The van der Waals surface area contributed by atoms with Crippen molar-refractivity contribution in [2.75, 3.05) is 73.0 Å². The average molecular weight is 611 g/mol. The predicted octanol–water partition coefficient (Wildman–Crippen LogP) is -0.708. The maximum atomic E-state index is 11.7. The van der Waals surface area contributed by atoms with Crippen LogP contribution in [0.4, 0.5) is 9.59 Å². The molecule has 0 aliphatic carbocycles. The second-order valence-electron chi connectivity index (χ2n) is 6.46. The summed E-state index contributed by atoms with van der Waals surface area (Å²) in [6.07, 6.45) is -3.20. The highest BCUT2D eigenvalue weighted by Gasteiger charge is 2.13. The third-order valence-corrected chi connectivity index (χ3v) is 4.23. The second-order valence-corrected chi connectivity index (χ2v) is 7.09. The number of esters is 1. The molecule has 0 saturated carbocycles. The number of halogens is 1. The molecule has 0 aromatic rings. The zero-order chi connectivity index (χ0) is 25.6. The smallest absolute Gasteiger partial charge is 0.431 e. The molecule has 2 unspecified atom stereocenters. The Bertz CT molecular complexity index is 560. The van der Waals surface area contributed by atoms with Gasteiger partial charge in [-0.1, -0.05) is 0 Å². The molecule has 0 saturated heterocycles. The maximum Gasteiger partial charge on any atom is 0.431 e. The van der Waals surface area contributed by atoms with Crippen molar-refractivity contribution >= 4 is 41.2 Å². The van der Waals surface area contributed by atoms with E-state index in [1.165, 1.54) is 7.11 Å². The first-order valence-corrected chi connectivity index (χ1v) is 11.3. The van der Waals surface area contributed by atoms with Gasteiger partial charge in [0, 0.05) is 26.7 Å². The van der Waals surface area contributed by atoms with E-state index >= 15 is 0 Å². The number of rotatable bonds is 20. The van der Waals surface area contributed by atoms with Crippen LogP contribution in [0, 0.1) is 0 Å². The number of ether oxygens (including phenoxy) is 4. The Hall–Kier alpha value is -1.54. The first-order chi connectivity index (χ1) is 16.4. The minimum Gasteiger partial charge on any atom is -0.466 e. The van der Waals surface area contributed by atoms with Crippen molar-refractivity contribution in [2.45, 2.75) is 25.6 Å². The number of hydrogen-bond donors (Lipinski definition) is 4. The van der Waals surface area contributed by atoms with Gasteiger partial charge in [-0.2, -0.15) is 11.0 Å². The van der Waals surface area contributed by atoms with Gasteiger partial charge in [0.15, 0.2) is 0 Å². The minimum absolute atomic E-state index is 0.0217. The van der Waals surface area contributed by atoms with Crippen molar-refractivity contribution in [3.8, 4) is 0 Å². The molecule has 0 aliphatic heterocycles. The monoisotopic (exact) mass is 611 g/mol. The fourth-order valence-corrected chi connectivity index (χ4v) is 2.50. The summed E-state index contributed by atoms with van der Waals surface area (Å²) in [4.78, 5) is 46.5. The molecular formula is C18H34IN3O12. The first-order valence-electron chi connectivity index (χ1n) is 10.4. The molecule has 200 valence electrons. The molecule has 0 aromatic heterocycles. The van der Waals surface area contributed by atoms with Gasteiger partial charge in [0.05, 0.1) is 39.5 Å². The number of carbonyl (C=O) groups is 3. The SMILES string of the molecule is CCOC(=O)CCN(CCONC(=O)OCC(O)CO)CCONC(=O)OCC(COI)OC. The van der Waals surface area contributed by atoms with Crippen molar-refractivity contribution in [1.29, 1.82) is 0 Å². The number of hydroxylamine groups is 2. The molecule has 2 amide bonds. The van der Waals surface area contributed by atoms with E-state index in [1.807, 2.05) is 5.48 Å². The number of carbonyl (C=O) groups excluding carboxylic acids is 3. The lowest BCUT2D eigenvalue weighted by molar-refractivity contribution is -0.143. The van der Waals surface area contributed by atoms with Crippen molar-refractivity contribution in [1.82, 2.24) is 15.9 Å². The second kappa shape index (κ2) is 22.0. The van der Waals surface area contributed by atoms with Crippen molar-refractivity contribution in [3.63, 3.8) is 0 Å². The maximum absolute atomic E-state index is 11.7. The van der Waals surface area contributed by atoms with Crippen LogP contribution in [0.3, 0.4) is 0 Å². The van der Waals surface area contributed by atoms with Gasteiger partial charge < -0.3 is 32.2 Å². The summed E-state index contributed by atoms with van der Waals surface area (Å²) in [5.41, 5.74) is 4.16. The quantitative estimate of drug-likeness (QED) is 0.0446. The minimum atomic E-state index is -1.18. The van der Waals surface area contributed by atoms with E-state index in [-0.39, 0.29) is 52.0 Å². The van der Waals surface area contributed by atoms with Crippen LogP contribution in [0.2, 0.25) is 0 Å². The molecule has 15 nitrogen and oxygen atoms in total. The fraction of sp³-hybridized carbons (Fsp3) is 0.833. The van der Waals surface area contributed by atoms with E-state index in [4.69, 9.17) is 37.2 Å². The molecule has 0 heterocycles. The Morgan fingerprint density at radius 3 is 2.03 bits per heavy atom. The van der Waals surface area contributed by atoms with E-state index < -0.39 is 31.0 Å². The Labute approximate surface area is 211 Å². The highest BCUT2D eigenvalue weighted by atomic mass is 127.